The molecule has 42 heavy (non-hydrogen) atoms. The molecule has 14 heteroatoms. The molecule has 1 fully saturated rings. The fraction of sp³-hybridized carbons (Fsp3) is 0.393. The molecule has 3 aromatic rings. The van der Waals surface area contributed by atoms with Crippen molar-refractivity contribution in [3.63, 3.8) is 0 Å². The Morgan fingerprint density at radius 3 is 2.67 bits per heavy atom. The number of rotatable bonds is 14. The molecule has 3 amide bonds. The Kier molecular flexibility index (Phi) is 10.8. The summed E-state index contributed by atoms with van der Waals surface area (Å²) in [4.78, 5) is 41.3. The Morgan fingerprint density at radius 1 is 1.17 bits per heavy atom. The lowest BCUT2D eigenvalue weighted by molar-refractivity contribution is -0.122. The lowest BCUT2D eigenvalue weighted by Crippen LogP contribution is -2.40. The first kappa shape index (κ1) is 30.8. The van der Waals surface area contributed by atoms with Crippen LogP contribution in [0.2, 0.25) is 0 Å². The number of carbonyl (C=O) groups excluding carboxylic acids is 3. The fourth-order valence-corrected chi connectivity index (χ4v) is 4.90. The van der Waals surface area contributed by atoms with Crippen LogP contribution in [0, 0.1) is 5.82 Å². The van der Waals surface area contributed by atoms with Gasteiger partial charge in [-0.05, 0) is 48.7 Å². The maximum atomic E-state index is 15.1. The third-order valence-electron chi connectivity index (χ3n) is 6.62. The summed E-state index contributed by atoms with van der Waals surface area (Å²) < 4.78 is 24.6. The van der Waals surface area contributed by atoms with Crippen molar-refractivity contribution in [1.29, 1.82) is 0 Å². The third-order valence-corrected chi connectivity index (χ3v) is 7.33. The molecule has 1 aromatic heterocycles. The molecule has 2 atom stereocenters. The van der Waals surface area contributed by atoms with Crippen LogP contribution in [0.4, 0.5) is 20.0 Å². The first-order valence-electron chi connectivity index (χ1n) is 13.6. The van der Waals surface area contributed by atoms with Crippen molar-refractivity contribution in [1.82, 2.24) is 20.0 Å². The average Bonchev–Trinajstić information content (AvgIpc) is 3.60. The topological polar surface area (TPSA) is 178 Å². The lowest BCUT2D eigenvalue weighted by Gasteiger charge is -2.15. The lowest BCUT2D eigenvalue weighted by atomic mass is 10.0. The number of benzene rings is 2. The number of hydrogen-bond acceptors (Lipinski definition) is 10. The largest absolute Gasteiger partial charge is 0.442 e. The van der Waals surface area contributed by atoms with E-state index in [-0.39, 0.29) is 31.4 Å². The van der Waals surface area contributed by atoms with Crippen molar-refractivity contribution in [3.05, 3.63) is 59.7 Å². The van der Waals surface area contributed by atoms with E-state index in [4.69, 9.17) is 16.2 Å². The molecule has 0 saturated carbocycles. The molecule has 1 aliphatic rings. The van der Waals surface area contributed by atoms with Gasteiger partial charge >= 0.3 is 6.09 Å². The minimum atomic E-state index is -0.583. The van der Waals surface area contributed by atoms with Crippen molar-refractivity contribution < 1.29 is 23.5 Å². The van der Waals surface area contributed by atoms with Gasteiger partial charge < -0.3 is 32.2 Å². The smallest absolute Gasteiger partial charge is 0.414 e. The number of halogens is 1. The molecule has 4 rings (SSSR count). The van der Waals surface area contributed by atoms with Crippen LogP contribution in [0.5, 0.6) is 0 Å². The molecule has 0 spiro atoms. The molecular formula is C28H35FN8O4S. The molecule has 0 unspecified atom stereocenters. The molecule has 2 aromatic carbocycles. The Morgan fingerprint density at radius 2 is 1.95 bits per heavy atom. The molecule has 0 radical (unpaired) electrons. The van der Waals surface area contributed by atoms with Gasteiger partial charge in [-0.1, -0.05) is 30.7 Å². The van der Waals surface area contributed by atoms with Crippen LogP contribution < -0.4 is 32.3 Å². The highest BCUT2D eigenvalue weighted by molar-refractivity contribution is 7.09. The van der Waals surface area contributed by atoms with Gasteiger partial charge in [0.15, 0.2) is 5.82 Å². The summed E-state index contributed by atoms with van der Waals surface area (Å²) in [5.74, 6) is -0.441. The number of carbonyl (C=O) groups is 3. The number of nitrogens with two attached hydrogens (primary N) is 2. The molecule has 12 nitrogen and oxygen atoms in total. The molecule has 0 aliphatic carbocycles. The summed E-state index contributed by atoms with van der Waals surface area (Å²) in [5, 5.41) is 9.19. The van der Waals surface area contributed by atoms with Gasteiger partial charge in [-0.2, -0.15) is 4.37 Å². The maximum absolute atomic E-state index is 15.1. The van der Waals surface area contributed by atoms with Crippen LogP contribution in [-0.4, -0.2) is 59.0 Å². The van der Waals surface area contributed by atoms with Crippen molar-refractivity contribution in [2.45, 2.75) is 51.4 Å². The second kappa shape index (κ2) is 14.7. The van der Waals surface area contributed by atoms with Crippen molar-refractivity contribution >= 4 is 40.3 Å². The van der Waals surface area contributed by atoms with Crippen LogP contribution in [-0.2, 0) is 27.4 Å². The molecule has 0 bridgehead atoms. The van der Waals surface area contributed by atoms with Crippen LogP contribution in [0.1, 0.15) is 37.6 Å². The standard InChI is InChI=1S/C28H35FN8O4S/c1-17(38)32-14-21-16-37(28(40)41-21)20-9-10-22(23(29)12-20)19-7-5-18(6-8-19)13-34-27-35-25(36-42-27)15-33-26(39)24(31)4-2-3-11-30/h5-10,12,21,24H,2-4,11,13-16,30-31H2,1H3,(H,32,38)(H,33,39)(H,34,35,36)/t21-,24-/m0/s1. The summed E-state index contributed by atoms with van der Waals surface area (Å²) in [6, 6.07) is 11.4. The fourth-order valence-electron chi connectivity index (χ4n) is 4.32. The number of ether oxygens (including phenoxy) is 1. The first-order chi connectivity index (χ1) is 20.2. The van der Waals surface area contributed by atoms with Gasteiger partial charge in [-0.3, -0.25) is 14.5 Å². The second-order valence-corrected chi connectivity index (χ2v) is 10.6. The molecular weight excluding hydrogens is 563 g/mol. The van der Waals surface area contributed by atoms with E-state index in [1.807, 2.05) is 24.3 Å². The number of aromatic nitrogens is 2. The van der Waals surface area contributed by atoms with Crippen LogP contribution in [0.25, 0.3) is 11.1 Å². The maximum Gasteiger partial charge on any atom is 0.414 e. The predicted molar refractivity (Wildman–Crippen MR) is 158 cm³/mol. The highest BCUT2D eigenvalue weighted by Gasteiger charge is 2.32. The molecule has 224 valence electrons. The van der Waals surface area contributed by atoms with Gasteiger partial charge in [0, 0.05) is 30.6 Å². The van der Waals surface area contributed by atoms with Gasteiger partial charge in [0.1, 0.15) is 11.9 Å². The SMILES string of the molecule is CC(=O)NC[C@H]1CN(c2ccc(-c3ccc(CNc4nc(CNC(=O)[C@@H](N)CCCCN)ns4)cc3)c(F)c2)C(=O)O1. The molecule has 1 aliphatic heterocycles. The first-order valence-corrected chi connectivity index (χ1v) is 14.4. The monoisotopic (exact) mass is 598 g/mol. The highest BCUT2D eigenvalue weighted by Crippen LogP contribution is 2.29. The molecule has 1 saturated heterocycles. The van der Waals surface area contributed by atoms with Crippen LogP contribution in [0.15, 0.2) is 42.5 Å². The van der Waals surface area contributed by atoms with Gasteiger partial charge in [0.2, 0.25) is 16.9 Å². The Bertz CT molecular complexity index is 1390. The number of unbranched alkanes of at least 4 members (excludes halogenated alkanes) is 1. The number of nitrogens with one attached hydrogen (secondary N) is 3. The van der Waals surface area contributed by atoms with E-state index in [0.717, 1.165) is 18.4 Å². The Labute approximate surface area is 247 Å². The predicted octanol–water partition coefficient (Wildman–Crippen LogP) is 2.49. The summed E-state index contributed by atoms with van der Waals surface area (Å²) >= 11 is 1.19. The van der Waals surface area contributed by atoms with E-state index >= 15 is 4.39 Å². The van der Waals surface area contributed by atoms with Crippen LogP contribution >= 0.6 is 11.5 Å². The highest BCUT2D eigenvalue weighted by atomic mass is 32.1. The minimum Gasteiger partial charge on any atom is -0.442 e. The normalized spacial score (nSPS) is 15.3. The summed E-state index contributed by atoms with van der Waals surface area (Å²) in [5.41, 5.74) is 13.8. The van der Waals surface area contributed by atoms with E-state index in [1.165, 1.54) is 29.4 Å². The van der Waals surface area contributed by atoms with E-state index < -0.39 is 24.1 Å². The quantitative estimate of drug-likeness (QED) is 0.174. The second-order valence-electron chi connectivity index (χ2n) is 9.89. The van der Waals surface area contributed by atoms with E-state index in [9.17, 15) is 14.4 Å². The minimum absolute atomic E-state index is 0.192. The van der Waals surface area contributed by atoms with Gasteiger partial charge in [0.25, 0.3) is 0 Å². The zero-order valence-electron chi connectivity index (χ0n) is 23.3. The van der Waals surface area contributed by atoms with E-state index in [0.29, 0.717) is 47.3 Å². The summed E-state index contributed by atoms with van der Waals surface area (Å²) in [7, 11) is 0. The average molecular weight is 599 g/mol. The number of cyclic esters (lactones) is 1. The van der Waals surface area contributed by atoms with Crippen molar-refractivity contribution in [3.8, 4) is 11.1 Å². The molecule has 2 heterocycles. The number of nitrogens with zero attached hydrogens (tertiary/aromatic N) is 3. The van der Waals surface area contributed by atoms with Gasteiger partial charge in [-0.25, -0.2) is 14.2 Å². The molecule has 7 N–H and O–H groups in total. The third kappa shape index (κ3) is 8.44. The zero-order valence-corrected chi connectivity index (χ0v) is 24.1. The Hall–Kier alpha value is -4.14. The zero-order chi connectivity index (χ0) is 30.1. The van der Waals surface area contributed by atoms with Crippen molar-refractivity contribution in [2.24, 2.45) is 11.5 Å². The number of hydrogen-bond donors (Lipinski definition) is 5. The van der Waals surface area contributed by atoms with E-state index in [1.54, 1.807) is 12.1 Å². The number of amides is 3. The van der Waals surface area contributed by atoms with Gasteiger partial charge in [-0.15, -0.1) is 0 Å². The van der Waals surface area contributed by atoms with E-state index in [2.05, 4.69) is 25.3 Å². The Balaban J connectivity index is 1.27. The summed E-state index contributed by atoms with van der Waals surface area (Å²) in [6.45, 7) is 3.04. The summed E-state index contributed by atoms with van der Waals surface area (Å²) in [6.07, 6.45) is 1.13. The van der Waals surface area contributed by atoms with Gasteiger partial charge in [0.05, 0.1) is 31.4 Å². The van der Waals surface area contributed by atoms with Crippen molar-refractivity contribution in [2.75, 3.05) is 29.9 Å². The van der Waals surface area contributed by atoms with Crippen LogP contribution in [0.3, 0.4) is 0 Å². The number of anilines is 2.